The van der Waals surface area contributed by atoms with Gasteiger partial charge in [-0.05, 0) is 42.5 Å². The van der Waals surface area contributed by atoms with E-state index in [4.69, 9.17) is 5.26 Å². The molecule has 5 nitrogen and oxygen atoms in total. The number of hydrogen-bond acceptors (Lipinski definition) is 3. The van der Waals surface area contributed by atoms with Gasteiger partial charge in [-0.25, -0.2) is 0 Å². The Kier molecular flexibility index (Phi) is 5.50. The van der Waals surface area contributed by atoms with Gasteiger partial charge in [-0.3, -0.25) is 9.59 Å². The summed E-state index contributed by atoms with van der Waals surface area (Å²) in [6, 6.07) is 15.8. The van der Waals surface area contributed by atoms with Crippen molar-refractivity contribution in [3.8, 4) is 6.07 Å². The molecule has 6 heteroatoms. The zero-order valence-corrected chi connectivity index (χ0v) is 14.0. The molecule has 0 aliphatic carbocycles. The summed E-state index contributed by atoms with van der Waals surface area (Å²) >= 11 is 3.32. The second kappa shape index (κ2) is 7.56. The molecule has 2 aromatic rings. The van der Waals surface area contributed by atoms with Gasteiger partial charge < -0.3 is 10.2 Å². The Bertz CT molecular complexity index is 766. The van der Waals surface area contributed by atoms with Crippen molar-refractivity contribution in [2.24, 2.45) is 0 Å². The van der Waals surface area contributed by atoms with E-state index in [2.05, 4.69) is 21.2 Å². The van der Waals surface area contributed by atoms with E-state index in [1.807, 2.05) is 18.2 Å². The maximum atomic E-state index is 12.2. The predicted octanol–water partition coefficient (Wildman–Crippen LogP) is 3.31. The van der Waals surface area contributed by atoms with E-state index in [0.717, 1.165) is 4.47 Å². The van der Waals surface area contributed by atoms with Crippen LogP contribution in [0.25, 0.3) is 0 Å². The number of carbonyl (C=O) groups is 2. The molecule has 1 N–H and O–H groups in total. The Labute approximate surface area is 142 Å². The molecule has 116 valence electrons. The fourth-order valence-corrected chi connectivity index (χ4v) is 2.27. The topological polar surface area (TPSA) is 73.2 Å². The van der Waals surface area contributed by atoms with Crippen LogP contribution >= 0.6 is 15.9 Å². The molecule has 0 aliphatic rings. The van der Waals surface area contributed by atoms with Gasteiger partial charge in [0.25, 0.3) is 0 Å². The van der Waals surface area contributed by atoms with Gasteiger partial charge in [0, 0.05) is 22.8 Å². The van der Waals surface area contributed by atoms with Crippen LogP contribution in [0.2, 0.25) is 0 Å². The number of nitrogens with one attached hydrogen (secondary N) is 1. The first-order chi connectivity index (χ1) is 11.0. The van der Waals surface area contributed by atoms with Gasteiger partial charge in [0.2, 0.25) is 11.8 Å². The highest BCUT2D eigenvalue weighted by atomic mass is 79.9. The fraction of sp³-hybridized carbons (Fsp3) is 0.118. The molecule has 0 saturated heterocycles. The second-order valence-electron chi connectivity index (χ2n) is 4.82. The summed E-state index contributed by atoms with van der Waals surface area (Å²) in [5.74, 6) is -0.587. The molecular formula is C17H14BrN3O2. The lowest BCUT2D eigenvalue weighted by Crippen LogP contribution is -2.36. The Hall–Kier alpha value is -2.65. The number of anilines is 2. The standard InChI is InChI=1S/C17H14BrN3O2/c1-12(22)21(16-4-2-3-13(9-16)10-19)11-17(23)20-15-7-5-14(18)6-8-15/h2-9H,11H2,1H3,(H,20,23). The summed E-state index contributed by atoms with van der Waals surface area (Å²) in [7, 11) is 0. The maximum Gasteiger partial charge on any atom is 0.244 e. The third-order valence-corrected chi connectivity index (χ3v) is 3.63. The molecule has 0 saturated carbocycles. The molecule has 2 rings (SSSR count). The molecule has 0 fully saturated rings. The number of benzene rings is 2. The lowest BCUT2D eigenvalue weighted by Gasteiger charge is -2.20. The Morgan fingerprint density at radius 1 is 1.22 bits per heavy atom. The maximum absolute atomic E-state index is 12.2. The average molecular weight is 372 g/mol. The van der Waals surface area contributed by atoms with Gasteiger partial charge in [-0.2, -0.15) is 5.26 Å². The molecular weight excluding hydrogens is 358 g/mol. The average Bonchev–Trinajstić information content (AvgIpc) is 2.54. The largest absolute Gasteiger partial charge is 0.325 e. The number of amides is 2. The van der Waals surface area contributed by atoms with Crippen LogP contribution in [0.3, 0.4) is 0 Å². The van der Waals surface area contributed by atoms with Gasteiger partial charge in [0.15, 0.2) is 0 Å². The van der Waals surface area contributed by atoms with E-state index in [9.17, 15) is 9.59 Å². The van der Waals surface area contributed by atoms with Crippen LogP contribution in [0.15, 0.2) is 53.0 Å². The number of hydrogen-bond donors (Lipinski definition) is 1. The van der Waals surface area contributed by atoms with Crippen LogP contribution in [-0.4, -0.2) is 18.4 Å². The van der Waals surface area contributed by atoms with Gasteiger partial charge in [0.1, 0.15) is 6.54 Å². The van der Waals surface area contributed by atoms with Crippen molar-refractivity contribution >= 4 is 39.1 Å². The summed E-state index contributed by atoms with van der Waals surface area (Å²) in [5.41, 5.74) is 1.59. The van der Waals surface area contributed by atoms with Crippen LogP contribution in [-0.2, 0) is 9.59 Å². The molecule has 0 unspecified atom stereocenters. The summed E-state index contributed by atoms with van der Waals surface area (Å²) in [5, 5.41) is 11.7. The van der Waals surface area contributed by atoms with Crippen LogP contribution in [0.4, 0.5) is 11.4 Å². The van der Waals surface area contributed by atoms with Crippen molar-refractivity contribution in [2.75, 3.05) is 16.8 Å². The summed E-state index contributed by atoms with van der Waals surface area (Å²) in [6.45, 7) is 1.26. The van der Waals surface area contributed by atoms with Crippen molar-refractivity contribution in [3.05, 3.63) is 58.6 Å². The summed E-state index contributed by atoms with van der Waals surface area (Å²) in [4.78, 5) is 25.3. The smallest absolute Gasteiger partial charge is 0.244 e. The lowest BCUT2D eigenvalue weighted by atomic mass is 10.2. The van der Waals surface area contributed by atoms with E-state index >= 15 is 0 Å². The number of carbonyl (C=O) groups excluding carboxylic acids is 2. The van der Waals surface area contributed by atoms with Gasteiger partial charge in [-0.15, -0.1) is 0 Å². The monoisotopic (exact) mass is 371 g/mol. The van der Waals surface area contributed by atoms with E-state index in [-0.39, 0.29) is 18.4 Å². The highest BCUT2D eigenvalue weighted by molar-refractivity contribution is 9.10. The first-order valence-electron chi connectivity index (χ1n) is 6.83. The predicted molar refractivity (Wildman–Crippen MR) is 92.0 cm³/mol. The third-order valence-electron chi connectivity index (χ3n) is 3.10. The molecule has 0 radical (unpaired) electrons. The molecule has 2 amide bonds. The number of halogens is 1. The minimum atomic E-state index is -0.315. The minimum absolute atomic E-state index is 0.125. The highest BCUT2D eigenvalue weighted by Gasteiger charge is 2.16. The first-order valence-corrected chi connectivity index (χ1v) is 7.62. The molecule has 0 heterocycles. The molecule has 0 bridgehead atoms. The fourth-order valence-electron chi connectivity index (χ4n) is 2.01. The second-order valence-corrected chi connectivity index (χ2v) is 5.74. The van der Waals surface area contributed by atoms with Crippen LogP contribution in [0.1, 0.15) is 12.5 Å². The highest BCUT2D eigenvalue weighted by Crippen LogP contribution is 2.17. The molecule has 0 aromatic heterocycles. The Balaban J connectivity index is 2.12. The Morgan fingerprint density at radius 3 is 2.52 bits per heavy atom. The van der Waals surface area contributed by atoms with E-state index < -0.39 is 0 Å². The quantitative estimate of drug-likeness (QED) is 0.895. The number of nitrogens with zero attached hydrogens (tertiary/aromatic N) is 2. The molecule has 2 aromatic carbocycles. The van der Waals surface area contributed by atoms with Crippen LogP contribution in [0.5, 0.6) is 0 Å². The molecule has 23 heavy (non-hydrogen) atoms. The summed E-state index contributed by atoms with van der Waals surface area (Å²) < 4.78 is 0.911. The first kappa shape index (κ1) is 16.7. The zero-order valence-electron chi connectivity index (χ0n) is 12.4. The molecule has 0 aliphatic heterocycles. The van der Waals surface area contributed by atoms with E-state index in [1.165, 1.54) is 11.8 Å². The van der Waals surface area contributed by atoms with Gasteiger partial charge in [-0.1, -0.05) is 22.0 Å². The SMILES string of the molecule is CC(=O)N(CC(=O)Nc1ccc(Br)cc1)c1cccc(C#N)c1. The van der Waals surface area contributed by atoms with Crippen molar-refractivity contribution < 1.29 is 9.59 Å². The minimum Gasteiger partial charge on any atom is -0.325 e. The molecule has 0 spiro atoms. The van der Waals surface area contributed by atoms with Gasteiger partial charge >= 0.3 is 0 Å². The van der Waals surface area contributed by atoms with Crippen LogP contribution < -0.4 is 10.2 Å². The van der Waals surface area contributed by atoms with E-state index in [0.29, 0.717) is 16.9 Å². The van der Waals surface area contributed by atoms with Crippen molar-refractivity contribution in [3.63, 3.8) is 0 Å². The molecule has 0 atom stereocenters. The van der Waals surface area contributed by atoms with Crippen molar-refractivity contribution in [1.29, 1.82) is 5.26 Å². The summed E-state index contributed by atoms with van der Waals surface area (Å²) in [6.07, 6.45) is 0. The van der Waals surface area contributed by atoms with Gasteiger partial charge in [0.05, 0.1) is 11.6 Å². The number of nitriles is 1. The zero-order chi connectivity index (χ0) is 16.8. The third kappa shape index (κ3) is 4.66. The van der Waals surface area contributed by atoms with Crippen molar-refractivity contribution in [1.82, 2.24) is 0 Å². The lowest BCUT2D eigenvalue weighted by molar-refractivity contribution is -0.120. The normalized spacial score (nSPS) is 9.78. The Morgan fingerprint density at radius 2 is 1.91 bits per heavy atom. The van der Waals surface area contributed by atoms with E-state index in [1.54, 1.807) is 36.4 Å². The number of rotatable bonds is 4. The van der Waals surface area contributed by atoms with Crippen LogP contribution in [0, 0.1) is 11.3 Å². The van der Waals surface area contributed by atoms with Crippen molar-refractivity contribution in [2.45, 2.75) is 6.92 Å².